The Kier molecular flexibility index (Phi) is 3.08. The lowest BCUT2D eigenvalue weighted by molar-refractivity contribution is 0.0975. The fraction of sp³-hybridized carbons (Fsp3) is 0.375. The molecule has 3 rings (SSSR count). The first-order chi connectivity index (χ1) is 9.72. The van der Waals surface area contributed by atoms with E-state index in [9.17, 15) is 4.79 Å². The number of nitrogens with zero attached hydrogens (tertiary/aromatic N) is 2. The molecule has 0 unspecified atom stereocenters. The maximum Gasteiger partial charge on any atom is 0.294 e. The van der Waals surface area contributed by atoms with Crippen LogP contribution in [0.15, 0.2) is 36.7 Å². The van der Waals surface area contributed by atoms with Crippen molar-refractivity contribution in [3.63, 3.8) is 0 Å². The Bertz CT molecular complexity index is 614. The quantitative estimate of drug-likeness (QED) is 0.930. The van der Waals surface area contributed by atoms with Crippen molar-refractivity contribution in [1.82, 2.24) is 9.97 Å². The number of rotatable bonds is 3. The van der Waals surface area contributed by atoms with Crippen molar-refractivity contribution >= 4 is 11.6 Å². The standard InChI is InChI=1S/C16H19N3O/c1-3-16(4-2)11-19(13-8-6-5-7-12(13)16)15(20)14-17-9-10-18-14/h5-10H,3-4,11H2,1-2H3,(H,17,18). The molecule has 0 bridgehead atoms. The summed E-state index contributed by atoms with van der Waals surface area (Å²) in [4.78, 5) is 21.5. The second-order valence-corrected chi connectivity index (χ2v) is 5.33. The predicted molar refractivity (Wildman–Crippen MR) is 79.0 cm³/mol. The first-order valence-electron chi connectivity index (χ1n) is 7.12. The van der Waals surface area contributed by atoms with Crippen molar-refractivity contribution in [3.05, 3.63) is 48.0 Å². The van der Waals surface area contributed by atoms with Crippen molar-refractivity contribution in [2.24, 2.45) is 0 Å². The molecule has 0 fully saturated rings. The number of aromatic nitrogens is 2. The summed E-state index contributed by atoms with van der Waals surface area (Å²) in [6, 6.07) is 8.23. The summed E-state index contributed by atoms with van der Waals surface area (Å²) >= 11 is 0. The Hall–Kier alpha value is -2.10. The van der Waals surface area contributed by atoms with E-state index in [-0.39, 0.29) is 11.3 Å². The van der Waals surface area contributed by atoms with Crippen molar-refractivity contribution in [2.45, 2.75) is 32.1 Å². The number of nitrogens with one attached hydrogen (secondary N) is 1. The van der Waals surface area contributed by atoms with Gasteiger partial charge >= 0.3 is 0 Å². The molecule has 0 spiro atoms. The van der Waals surface area contributed by atoms with E-state index < -0.39 is 0 Å². The maximum atomic E-state index is 12.6. The van der Waals surface area contributed by atoms with Crippen LogP contribution in [0.3, 0.4) is 0 Å². The molecule has 0 radical (unpaired) electrons. The molecular formula is C16H19N3O. The highest BCUT2D eigenvalue weighted by Crippen LogP contribution is 2.45. The predicted octanol–water partition coefficient (Wildman–Crippen LogP) is 3.13. The monoisotopic (exact) mass is 269 g/mol. The molecule has 20 heavy (non-hydrogen) atoms. The summed E-state index contributed by atoms with van der Waals surface area (Å²) in [5.74, 6) is 0.356. The molecule has 1 amide bonds. The molecule has 1 N–H and O–H groups in total. The average molecular weight is 269 g/mol. The van der Waals surface area contributed by atoms with Crippen molar-refractivity contribution in [1.29, 1.82) is 0 Å². The van der Waals surface area contributed by atoms with Gasteiger partial charge in [0.25, 0.3) is 5.91 Å². The minimum Gasteiger partial charge on any atom is -0.341 e. The van der Waals surface area contributed by atoms with E-state index in [1.807, 2.05) is 17.0 Å². The second kappa shape index (κ2) is 4.78. The number of benzene rings is 1. The number of carbonyl (C=O) groups is 1. The summed E-state index contributed by atoms with van der Waals surface area (Å²) in [5, 5.41) is 0. The zero-order valence-corrected chi connectivity index (χ0v) is 11.9. The van der Waals surface area contributed by atoms with E-state index >= 15 is 0 Å². The Morgan fingerprint density at radius 1 is 1.35 bits per heavy atom. The fourth-order valence-electron chi connectivity index (χ4n) is 3.18. The van der Waals surface area contributed by atoms with Crippen molar-refractivity contribution in [3.8, 4) is 0 Å². The summed E-state index contributed by atoms with van der Waals surface area (Å²) in [7, 11) is 0. The van der Waals surface area contributed by atoms with Crippen LogP contribution in [-0.4, -0.2) is 22.4 Å². The summed E-state index contributed by atoms with van der Waals surface area (Å²) in [5.41, 5.74) is 2.38. The molecule has 0 aliphatic carbocycles. The molecule has 0 saturated heterocycles. The molecule has 0 saturated carbocycles. The van der Waals surface area contributed by atoms with Gasteiger partial charge in [-0.1, -0.05) is 32.0 Å². The zero-order valence-electron chi connectivity index (χ0n) is 11.9. The minimum absolute atomic E-state index is 0.0498. The zero-order chi connectivity index (χ0) is 14.2. The third-order valence-corrected chi connectivity index (χ3v) is 4.53. The van der Waals surface area contributed by atoms with Crippen LogP contribution in [-0.2, 0) is 5.41 Å². The molecule has 2 heterocycles. The normalized spacial score (nSPS) is 16.2. The summed E-state index contributed by atoms with van der Waals surface area (Å²) in [6.07, 6.45) is 5.36. The molecule has 1 aromatic carbocycles. The van der Waals surface area contributed by atoms with Gasteiger partial charge in [0.1, 0.15) is 0 Å². The number of fused-ring (bicyclic) bond motifs is 1. The summed E-state index contributed by atoms with van der Waals surface area (Å²) < 4.78 is 0. The first-order valence-corrected chi connectivity index (χ1v) is 7.12. The number of para-hydroxylation sites is 1. The van der Waals surface area contributed by atoms with Crippen LogP contribution in [0.25, 0.3) is 0 Å². The highest BCUT2D eigenvalue weighted by Gasteiger charge is 2.42. The number of anilines is 1. The fourth-order valence-corrected chi connectivity index (χ4v) is 3.18. The highest BCUT2D eigenvalue weighted by atomic mass is 16.2. The number of carbonyl (C=O) groups excluding carboxylic acids is 1. The molecule has 1 aromatic heterocycles. The van der Waals surface area contributed by atoms with E-state index in [4.69, 9.17) is 0 Å². The molecule has 1 aliphatic heterocycles. The molecule has 1 aliphatic rings. The van der Waals surface area contributed by atoms with Gasteiger partial charge in [0.05, 0.1) is 0 Å². The molecule has 4 nitrogen and oxygen atoms in total. The SMILES string of the molecule is CCC1(CC)CN(C(=O)c2ncc[nH]2)c2ccccc21. The van der Waals surface area contributed by atoms with E-state index in [1.54, 1.807) is 12.4 Å². The van der Waals surface area contributed by atoms with Crippen molar-refractivity contribution < 1.29 is 4.79 Å². The minimum atomic E-state index is -0.0498. The van der Waals surface area contributed by atoms with Gasteiger partial charge in [0, 0.05) is 30.0 Å². The van der Waals surface area contributed by atoms with Crippen molar-refractivity contribution in [2.75, 3.05) is 11.4 Å². The molecule has 0 atom stereocenters. The molecule has 4 heteroatoms. The average Bonchev–Trinajstić information content (AvgIpc) is 3.13. The van der Waals surface area contributed by atoms with Gasteiger partial charge in [0.15, 0.2) is 5.82 Å². The lowest BCUT2D eigenvalue weighted by Crippen LogP contribution is -2.36. The van der Waals surface area contributed by atoms with E-state index in [1.165, 1.54) is 5.56 Å². The largest absolute Gasteiger partial charge is 0.341 e. The molecule has 2 aromatic rings. The van der Waals surface area contributed by atoms with Gasteiger partial charge in [-0.25, -0.2) is 4.98 Å². The van der Waals surface area contributed by atoms with Crippen LogP contribution < -0.4 is 4.90 Å². The number of imidazole rings is 1. The number of H-pyrrole nitrogens is 1. The number of aromatic amines is 1. The Morgan fingerprint density at radius 2 is 2.10 bits per heavy atom. The van der Waals surface area contributed by atoms with Crippen LogP contribution >= 0.6 is 0 Å². The second-order valence-electron chi connectivity index (χ2n) is 5.33. The summed E-state index contributed by atoms with van der Waals surface area (Å²) in [6.45, 7) is 5.13. The Labute approximate surface area is 118 Å². The Balaban J connectivity index is 2.05. The third-order valence-electron chi connectivity index (χ3n) is 4.53. The van der Waals surface area contributed by atoms with Crippen LogP contribution in [0.2, 0.25) is 0 Å². The van der Waals surface area contributed by atoms with Crippen LogP contribution in [0.4, 0.5) is 5.69 Å². The van der Waals surface area contributed by atoms with Gasteiger partial charge < -0.3 is 9.88 Å². The third kappa shape index (κ3) is 1.75. The highest BCUT2D eigenvalue weighted by molar-refractivity contribution is 6.05. The lowest BCUT2D eigenvalue weighted by atomic mass is 9.78. The molecule has 104 valence electrons. The van der Waals surface area contributed by atoms with Gasteiger partial charge in [-0.3, -0.25) is 4.79 Å². The van der Waals surface area contributed by atoms with Gasteiger partial charge in [-0.05, 0) is 24.5 Å². The smallest absolute Gasteiger partial charge is 0.294 e. The number of hydrogen-bond acceptors (Lipinski definition) is 2. The van der Waals surface area contributed by atoms with Gasteiger partial charge in [0.2, 0.25) is 0 Å². The lowest BCUT2D eigenvalue weighted by Gasteiger charge is -2.27. The number of hydrogen-bond donors (Lipinski definition) is 1. The Morgan fingerprint density at radius 3 is 2.75 bits per heavy atom. The van der Waals surface area contributed by atoms with Gasteiger partial charge in [-0.2, -0.15) is 0 Å². The van der Waals surface area contributed by atoms with Gasteiger partial charge in [-0.15, -0.1) is 0 Å². The first kappa shape index (κ1) is 12.9. The maximum absolute atomic E-state index is 12.6. The van der Waals surface area contributed by atoms with E-state index in [0.29, 0.717) is 5.82 Å². The topological polar surface area (TPSA) is 49.0 Å². The van der Waals surface area contributed by atoms with Crippen LogP contribution in [0, 0.1) is 0 Å². The van der Waals surface area contributed by atoms with E-state index in [0.717, 1.165) is 25.1 Å². The van der Waals surface area contributed by atoms with E-state index in [2.05, 4.69) is 35.9 Å². The molecular weight excluding hydrogens is 250 g/mol. The number of amides is 1. The van der Waals surface area contributed by atoms with Crippen LogP contribution in [0.1, 0.15) is 42.9 Å². The van der Waals surface area contributed by atoms with Crippen LogP contribution in [0.5, 0.6) is 0 Å².